The maximum atomic E-state index is 13.0. The highest BCUT2D eigenvalue weighted by molar-refractivity contribution is 7.98. The Morgan fingerprint density at radius 3 is 2.62 bits per heavy atom. The van der Waals surface area contributed by atoms with Crippen molar-refractivity contribution in [2.75, 3.05) is 5.73 Å². The number of halogens is 1. The average Bonchev–Trinajstić information content (AvgIpc) is 2.27. The average molecular weight is 235 g/mol. The van der Waals surface area contributed by atoms with Crippen molar-refractivity contribution in [3.8, 4) is 0 Å². The van der Waals surface area contributed by atoms with Crippen LogP contribution in [0.4, 0.5) is 10.1 Å². The first-order valence-electron chi connectivity index (χ1n) is 4.69. The number of aromatic nitrogens is 2. The quantitative estimate of drug-likeness (QED) is 0.656. The summed E-state index contributed by atoms with van der Waals surface area (Å²) in [5, 5.41) is 0. The fourth-order valence-corrected chi connectivity index (χ4v) is 2.08. The van der Waals surface area contributed by atoms with Crippen LogP contribution in [0.2, 0.25) is 0 Å². The Kier molecular flexibility index (Phi) is 3.36. The largest absolute Gasteiger partial charge is 0.399 e. The summed E-state index contributed by atoms with van der Waals surface area (Å²) >= 11 is 1.46. The highest BCUT2D eigenvalue weighted by Crippen LogP contribution is 2.24. The summed E-state index contributed by atoms with van der Waals surface area (Å²) in [6.45, 7) is 0. The van der Waals surface area contributed by atoms with Crippen LogP contribution in [0.3, 0.4) is 0 Å². The van der Waals surface area contributed by atoms with Gasteiger partial charge in [0.15, 0.2) is 0 Å². The Morgan fingerprint density at radius 1 is 1.19 bits per heavy atom. The molecule has 1 aromatic heterocycles. The smallest absolute Gasteiger partial charge is 0.138 e. The third-order valence-electron chi connectivity index (χ3n) is 1.88. The number of nitrogens with two attached hydrogens (primary N) is 1. The molecule has 0 unspecified atom stereocenters. The number of nitrogens with zero attached hydrogens (tertiary/aromatic N) is 2. The molecule has 1 heterocycles. The Bertz CT molecular complexity index is 456. The molecular weight excluding hydrogens is 225 g/mol. The maximum absolute atomic E-state index is 13.0. The number of nitrogen functional groups attached to an aromatic ring is 1. The van der Waals surface area contributed by atoms with Crippen LogP contribution in [-0.4, -0.2) is 9.97 Å². The second-order valence-corrected chi connectivity index (χ2v) is 4.22. The van der Waals surface area contributed by atoms with Crippen molar-refractivity contribution in [3.05, 3.63) is 48.3 Å². The molecule has 0 bridgehead atoms. The van der Waals surface area contributed by atoms with Gasteiger partial charge in [-0.2, -0.15) is 0 Å². The van der Waals surface area contributed by atoms with Gasteiger partial charge in [-0.15, -0.1) is 11.8 Å². The van der Waals surface area contributed by atoms with E-state index in [2.05, 4.69) is 9.97 Å². The molecule has 82 valence electrons. The van der Waals surface area contributed by atoms with E-state index in [-0.39, 0.29) is 5.82 Å². The van der Waals surface area contributed by atoms with Crippen molar-refractivity contribution in [2.24, 2.45) is 0 Å². The number of rotatable bonds is 3. The monoisotopic (exact) mass is 235 g/mol. The Hall–Kier alpha value is -1.62. The minimum atomic E-state index is -0.323. The molecule has 2 aromatic rings. The predicted octanol–water partition coefficient (Wildman–Crippen LogP) is 2.49. The summed E-state index contributed by atoms with van der Waals surface area (Å²) in [7, 11) is 0. The van der Waals surface area contributed by atoms with Gasteiger partial charge in [-0.05, 0) is 24.3 Å². The molecule has 2 N–H and O–H groups in total. The molecule has 0 spiro atoms. The number of benzene rings is 1. The SMILES string of the molecule is Nc1cc(F)cc(SCc2ncccn2)c1. The zero-order valence-corrected chi connectivity index (χ0v) is 9.25. The molecule has 0 atom stereocenters. The van der Waals surface area contributed by atoms with Crippen LogP contribution >= 0.6 is 11.8 Å². The molecule has 0 aliphatic heterocycles. The third kappa shape index (κ3) is 2.93. The van der Waals surface area contributed by atoms with Gasteiger partial charge in [-0.25, -0.2) is 14.4 Å². The van der Waals surface area contributed by atoms with Gasteiger partial charge in [-0.3, -0.25) is 0 Å². The first-order chi connectivity index (χ1) is 7.74. The van der Waals surface area contributed by atoms with Crippen LogP contribution in [0.25, 0.3) is 0 Å². The van der Waals surface area contributed by atoms with Crippen LogP contribution in [0.5, 0.6) is 0 Å². The number of thioether (sulfide) groups is 1. The first kappa shape index (κ1) is 10.9. The maximum Gasteiger partial charge on any atom is 0.138 e. The molecule has 0 saturated carbocycles. The molecule has 16 heavy (non-hydrogen) atoms. The van der Waals surface area contributed by atoms with Crippen LogP contribution in [0.1, 0.15) is 5.82 Å². The lowest BCUT2D eigenvalue weighted by Gasteiger charge is -2.02. The molecule has 0 radical (unpaired) electrons. The zero-order valence-electron chi connectivity index (χ0n) is 8.43. The molecule has 0 aliphatic rings. The molecule has 2 rings (SSSR count). The highest BCUT2D eigenvalue weighted by Gasteiger charge is 2.01. The number of hydrogen-bond acceptors (Lipinski definition) is 4. The lowest BCUT2D eigenvalue weighted by Crippen LogP contribution is -1.91. The van der Waals surface area contributed by atoms with E-state index >= 15 is 0 Å². The van der Waals surface area contributed by atoms with Gasteiger partial charge in [-0.1, -0.05) is 0 Å². The molecule has 0 fully saturated rings. The normalized spacial score (nSPS) is 10.3. The minimum absolute atomic E-state index is 0.323. The Balaban J connectivity index is 2.05. The molecular formula is C11H10FN3S. The summed E-state index contributed by atoms with van der Waals surface area (Å²) in [5.74, 6) is 0.996. The van der Waals surface area contributed by atoms with Gasteiger partial charge >= 0.3 is 0 Å². The Morgan fingerprint density at radius 2 is 1.94 bits per heavy atom. The van der Waals surface area contributed by atoms with Crippen LogP contribution in [0, 0.1) is 5.82 Å². The van der Waals surface area contributed by atoms with Gasteiger partial charge in [0.2, 0.25) is 0 Å². The second kappa shape index (κ2) is 4.94. The van der Waals surface area contributed by atoms with Crippen LogP contribution < -0.4 is 5.73 Å². The van der Waals surface area contributed by atoms with Crippen molar-refractivity contribution in [3.63, 3.8) is 0 Å². The molecule has 1 aromatic carbocycles. The van der Waals surface area contributed by atoms with Crippen LogP contribution in [-0.2, 0) is 5.75 Å². The van der Waals surface area contributed by atoms with Gasteiger partial charge < -0.3 is 5.73 Å². The fourth-order valence-electron chi connectivity index (χ4n) is 1.22. The first-order valence-corrected chi connectivity index (χ1v) is 5.67. The van der Waals surface area contributed by atoms with E-state index in [4.69, 9.17) is 5.73 Å². The predicted molar refractivity (Wildman–Crippen MR) is 62.4 cm³/mol. The second-order valence-electron chi connectivity index (χ2n) is 3.17. The third-order valence-corrected chi connectivity index (χ3v) is 2.85. The van der Waals surface area contributed by atoms with Gasteiger partial charge in [0.25, 0.3) is 0 Å². The van der Waals surface area contributed by atoms with E-state index in [1.165, 1.54) is 23.9 Å². The lowest BCUT2D eigenvalue weighted by molar-refractivity contribution is 0.625. The summed E-state index contributed by atoms with van der Waals surface area (Å²) in [5.41, 5.74) is 5.97. The standard InChI is InChI=1S/C11H10FN3S/c12-8-4-9(13)6-10(5-8)16-7-11-14-2-1-3-15-11/h1-6H,7,13H2. The van der Waals surface area contributed by atoms with Gasteiger partial charge in [0.1, 0.15) is 11.6 Å². The van der Waals surface area contributed by atoms with E-state index in [1.54, 1.807) is 24.5 Å². The van der Waals surface area contributed by atoms with E-state index < -0.39 is 0 Å². The topological polar surface area (TPSA) is 51.8 Å². The van der Waals surface area contributed by atoms with Crippen LogP contribution in [0.15, 0.2) is 41.6 Å². The van der Waals surface area contributed by atoms with Crippen molar-refractivity contribution >= 4 is 17.4 Å². The number of hydrogen-bond donors (Lipinski definition) is 1. The summed E-state index contributed by atoms with van der Waals surface area (Å²) in [6, 6.07) is 6.23. The summed E-state index contributed by atoms with van der Waals surface area (Å²) < 4.78 is 13.0. The van der Waals surface area contributed by atoms with E-state index in [0.29, 0.717) is 11.4 Å². The van der Waals surface area contributed by atoms with E-state index in [0.717, 1.165) is 10.7 Å². The van der Waals surface area contributed by atoms with Crippen molar-refractivity contribution in [1.82, 2.24) is 9.97 Å². The molecule has 3 nitrogen and oxygen atoms in total. The zero-order chi connectivity index (χ0) is 11.4. The summed E-state index contributed by atoms with van der Waals surface area (Å²) in [6.07, 6.45) is 3.37. The molecule has 0 saturated heterocycles. The van der Waals surface area contributed by atoms with Gasteiger partial charge in [0, 0.05) is 23.0 Å². The Labute approximate surface area is 96.9 Å². The summed E-state index contributed by atoms with van der Waals surface area (Å²) in [4.78, 5) is 8.95. The molecule has 0 aliphatic carbocycles. The lowest BCUT2D eigenvalue weighted by atomic mass is 10.3. The fraction of sp³-hybridized carbons (Fsp3) is 0.0909. The molecule has 0 amide bonds. The highest BCUT2D eigenvalue weighted by atomic mass is 32.2. The molecule has 5 heteroatoms. The van der Waals surface area contributed by atoms with Crippen molar-refractivity contribution in [1.29, 1.82) is 0 Å². The van der Waals surface area contributed by atoms with Crippen molar-refractivity contribution in [2.45, 2.75) is 10.6 Å². The van der Waals surface area contributed by atoms with E-state index in [1.807, 2.05) is 0 Å². The minimum Gasteiger partial charge on any atom is -0.399 e. The number of anilines is 1. The van der Waals surface area contributed by atoms with E-state index in [9.17, 15) is 4.39 Å². The van der Waals surface area contributed by atoms with Crippen molar-refractivity contribution < 1.29 is 4.39 Å². The van der Waals surface area contributed by atoms with Gasteiger partial charge in [0.05, 0.1) is 5.75 Å².